The van der Waals surface area contributed by atoms with Crippen LogP contribution in [-0.4, -0.2) is 11.0 Å². The second kappa shape index (κ2) is 5.20. The zero-order valence-corrected chi connectivity index (χ0v) is 13.1. The Morgan fingerprint density at radius 3 is 2.73 bits per heavy atom. The molecule has 0 radical (unpaired) electrons. The van der Waals surface area contributed by atoms with Crippen molar-refractivity contribution in [3.8, 4) is 5.75 Å². The van der Waals surface area contributed by atoms with Crippen molar-refractivity contribution < 1.29 is 14.3 Å². The molecule has 2 N–H and O–H groups in total. The molecule has 1 aliphatic carbocycles. The number of nitrogens with one attached hydrogen (secondary N) is 1. The van der Waals surface area contributed by atoms with E-state index >= 15 is 0 Å². The molecule has 0 spiro atoms. The SMILES string of the molecule is CC(C)(C)c1ccc(O)c(NC(=O)C2CC2c2ccco2)c1. The third-order valence-corrected chi connectivity index (χ3v) is 4.16. The Labute approximate surface area is 130 Å². The monoisotopic (exact) mass is 299 g/mol. The topological polar surface area (TPSA) is 62.5 Å². The van der Waals surface area contributed by atoms with Crippen molar-refractivity contribution in [3.05, 3.63) is 47.9 Å². The number of phenolic OH excluding ortho intramolecular Hbond substituents is 1. The number of aromatic hydroxyl groups is 1. The zero-order chi connectivity index (χ0) is 15.9. The van der Waals surface area contributed by atoms with Crippen LogP contribution >= 0.6 is 0 Å². The first-order chi connectivity index (χ1) is 10.4. The molecular weight excluding hydrogens is 278 g/mol. The molecule has 3 rings (SSSR count). The van der Waals surface area contributed by atoms with E-state index in [1.165, 1.54) is 0 Å². The first kappa shape index (κ1) is 14.7. The van der Waals surface area contributed by atoms with Gasteiger partial charge in [0.25, 0.3) is 0 Å². The highest BCUT2D eigenvalue weighted by Gasteiger charge is 2.46. The Hall–Kier alpha value is -2.23. The molecule has 1 amide bonds. The van der Waals surface area contributed by atoms with Gasteiger partial charge in [0.1, 0.15) is 11.5 Å². The second-order valence-electron chi connectivity index (χ2n) is 6.94. The lowest BCUT2D eigenvalue weighted by molar-refractivity contribution is -0.117. The van der Waals surface area contributed by atoms with E-state index in [9.17, 15) is 9.90 Å². The normalized spacial score (nSPS) is 20.7. The fourth-order valence-corrected chi connectivity index (χ4v) is 2.63. The summed E-state index contributed by atoms with van der Waals surface area (Å²) in [7, 11) is 0. The van der Waals surface area contributed by atoms with Gasteiger partial charge in [-0.1, -0.05) is 26.8 Å². The lowest BCUT2D eigenvalue weighted by Gasteiger charge is -2.20. The molecule has 4 nitrogen and oxygen atoms in total. The van der Waals surface area contributed by atoms with Gasteiger partial charge in [-0.15, -0.1) is 0 Å². The predicted octanol–water partition coefficient (Wildman–Crippen LogP) is 4.02. The molecule has 0 saturated heterocycles. The second-order valence-corrected chi connectivity index (χ2v) is 6.94. The predicted molar refractivity (Wildman–Crippen MR) is 85.0 cm³/mol. The zero-order valence-electron chi connectivity index (χ0n) is 13.1. The van der Waals surface area contributed by atoms with Crippen molar-refractivity contribution in [2.24, 2.45) is 5.92 Å². The van der Waals surface area contributed by atoms with Crippen molar-refractivity contribution in [2.45, 2.75) is 38.5 Å². The van der Waals surface area contributed by atoms with Gasteiger partial charge in [0.05, 0.1) is 12.0 Å². The Morgan fingerprint density at radius 1 is 1.32 bits per heavy atom. The number of amides is 1. The van der Waals surface area contributed by atoms with Crippen LogP contribution in [0.25, 0.3) is 0 Å². The molecule has 1 saturated carbocycles. The van der Waals surface area contributed by atoms with Crippen LogP contribution in [0.3, 0.4) is 0 Å². The molecule has 4 heteroatoms. The van der Waals surface area contributed by atoms with E-state index in [0.717, 1.165) is 17.7 Å². The van der Waals surface area contributed by atoms with Gasteiger partial charge in [-0.05, 0) is 41.7 Å². The minimum Gasteiger partial charge on any atom is -0.506 e. The summed E-state index contributed by atoms with van der Waals surface area (Å²) in [5, 5.41) is 12.8. The molecule has 22 heavy (non-hydrogen) atoms. The number of benzene rings is 1. The van der Waals surface area contributed by atoms with Gasteiger partial charge in [-0.3, -0.25) is 4.79 Å². The number of carbonyl (C=O) groups is 1. The smallest absolute Gasteiger partial charge is 0.228 e. The third-order valence-electron chi connectivity index (χ3n) is 4.16. The Kier molecular flexibility index (Phi) is 3.47. The largest absolute Gasteiger partial charge is 0.506 e. The quantitative estimate of drug-likeness (QED) is 0.841. The average Bonchev–Trinajstić information content (AvgIpc) is 3.06. The van der Waals surface area contributed by atoms with Crippen LogP contribution in [0.1, 0.15) is 44.4 Å². The molecule has 2 atom stereocenters. The van der Waals surface area contributed by atoms with Crippen LogP contribution in [0, 0.1) is 5.92 Å². The molecule has 1 heterocycles. The summed E-state index contributed by atoms with van der Waals surface area (Å²) >= 11 is 0. The summed E-state index contributed by atoms with van der Waals surface area (Å²) in [5.74, 6) is 0.957. The van der Waals surface area contributed by atoms with E-state index < -0.39 is 0 Å². The summed E-state index contributed by atoms with van der Waals surface area (Å²) in [6.45, 7) is 6.29. The van der Waals surface area contributed by atoms with Gasteiger partial charge in [0, 0.05) is 11.8 Å². The van der Waals surface area contributed by atoms with Crippen molar-refractivity contribution in [1.29, 1.82) is 0 Å². The van der Waals surface area contributed by atoms with Gasteiger partial charge in [0.15, 0.2) is 0 Å². The summed E-state index contributed by atoms with van der Waals surface area (Å²) < 4.78 is 5.35. The van der Waals surface area contributed by atoms with Crippen LogP contribution in [0.2, 0.25) is 0 Å². The van der Waals surface area contributed by atoms with Gasteiger partial charge >= 0.3 is 0 Å². The maximum Gasteiger partial charge on any atom is 0.228 e. The van der Waals surface area contributed by atoms with Crippen LogP contribution in [0.15, 0.2) is 41.0 Å². The highest BCUT2D eigenvalue weighted by Crippen LogP contribution is 2.48. The van der Waals surface area contributed by atoms with Gasteiger partial charge in [-0.25, -0.2) is 0 Å². The highest BCUT2D eigenvalue weighted by atomic mass is 16.3. The first-order valence-electron chi connectivity index (χ1n) is 7.54. The number of hydrogen-bond acceptors (Lipinski definition) is 3. The lowest BCUT2D eigenvalue weighted by atomic mass is 9.87. The summed E-state index contributed by atoms with van der Waals surface area (Å²) in [5.41, 5.74) is 1.50. The minimum atomic E-state index is -0.0798. The van der Waals surface area contributed by atoms with Gasteiger partial charge < -0.3 is 14.8 Å². The molecular formula is C18H21NO3. The van der Waals surface area contributed by atoms with Crippen molar-refractivity contribution >= 4 is 11.6 Å². The molecule has 2 aromatic rings. The molecule has 116 valence electrons. The fourth-order valence-electron chi connectivity index (χ4n) is 2.63. The minimum absolute atomic E-state index is 0.0382. The Balaban J connectivity index is 1.72. The molecule has 0 bridgehead atoms. The first-order valence-corrected chi connectivity index (χ1v) is 7.54. The maximum absolute atomic E-state index is 12.3. The average molecular weight is 299 g/mol. The van der Waals surface area contributed by atoms with Crippen LogP contribution in [0.4, 0.5) is 5.69 Å². The van der Waals surface area contributed by atoms with E-state index in [4.69, 9.17) is 4.42 Å². The van der Waals surface area contributed by atoms with Gasteiger partial charge in [-0.2, -0.15) is 0 Å². The number of phenols is 1. The number of hydrogen-bond donors (Lipinski definition) is 2. The Bertz CT molecular complexity index is 683. The van der Waals surface area contributed by atoms with E-state index in [2.05, 4.69) is 26.1 Å². The Morgan fingerprint density at radius 2 is 2.09 bits per heavy atom. The molecule has 1 aromatic carbocycles. The van der Waals surface area contributed by atoms with E-state index in [1.807, 2.05) is 24.3 Å². The third kappa shape index (κ3) is 2.86. The van der Waals surface area contributed by atoms with E-state index in [0.29, 0.717) is 5.69 Å². The molecule has 0 aliphatic heterocycles. The number of anilines is 1. The van der Waals surface area contributed by atoms with Crippen molar-refractivity contribution in [3.63, 3.8) is 0 Å². The maximum atomic E-state index is 12.3. The molecule has 1 fully saturated rings. The molecule has 1 aromatic heterocycles. The van der Waals surface area contributed by atoms with Crippen LogP contribution in [-0.2, 0) is 10.2 Å². The number of furan rings is 1. The molecule has 1 aliphatic rings. The van der Waals surface area contributed by atoms with Crippen molar-refractivity contribution in [2.75, 3.05) is 5.32 Å². The summed E-state index contributed by atoms with van der Waals surface area (Å²) in [6.07, 6.45) is 2.42. The van der Waals surface area contributed by atoms with E-state index in [-0.39, 0.29) is 28.9 Å². The van der Waals surface area contributed by atoms with Gasteiger partial charge in [0.2, 0.25) is 5.91 Å². The van der Waals surface area contributed by atoms with Crippen molar-refractivity contribution in [1.82, 2.24) is 0 Å². The standard InChI is InChI=1S/C18H21NO3/c1-18(2,3)11-6-7-15(20)14(9-11)19-17(21)13-10-12(13)16-5-4-8-22-16/h4-9,12-13,20H,10H2,1-3H3,(H,19,21). The number of rotatable bonds is 3. The van der Waals surface area contributed by atoms with E-state index in [1.54, 1.807) is 12.3 Å². The fraction of sp³-hybridized carbons (Fsp3) is 0.389. The molecule has 2 unspecified atom stereocenters. The summed E-state index contributed by atoms with van der Waals surface area (Å²) in [4.78, 5) is 12.3. The summed E-state index contributed by atoms with van der Waals surface area (Å²) in [6, 6.07) is 9.09. The number of carbonyl (C=O) groups excluding carboxylic acids is 1. The lowest BCUT2D eigenvalue weighted by Crippen LogP contribution is -2.16. The van der Waals surface area contributed by atoms with Crippen LogP contribution < -0.4 is 5.32 Å². The van der Waals surface area contributed by atoms with Crippen LogP contribution in [0.5, 0.6) is 5.75 Å². The highest BCUT2D eigenvalue weighted by molar-refractivity contribution is 5.96.